The van der Waals surface area contributed by atoms with Crippen LogP contribution in [0.15, 0.2) is 54.6 Å². The smallest absolute Gasteiger partial charge is 0.304 e. The molecule has 0 atom stereocenters. The molecule has 176 valence electrons. The van der Waals surface area contributed by atoms with E-state index in [1.807, 2.05) is 42.5 Å². The minimum Gasteiger partial charge on any atom is -0.494 e. The number of hydrogen-bond acceptors (Lipinski definition) is 4. The Hall–Kier alpha value is -2.80. The highest BCUT2D eigenvalue weighted by Crippen LogP contribution is 2.26. The quantitative estimate of drug-likeness (QED) is 0.309. The minimum atomic E-state index is -0.833. The van der Waals surface area contributed by atoms with Gasteiger partial charge in [-0.2, -0.15) is 0 Å². The molecular weight excluding hydrogens is 465 g/mol. The lowest BCUT2D eigenvalue weighted by Crippen LogP contribution is -2.17. The Morgan fingerprint density at radius 1 is 0.970 bits per heavy atom. The minimum absolute atomic E-state index is 0.122. The van der Waals surface area contributed by atoms with Crippen molar-refractivity contribution in [3.05, 3.63) is 75.8 Å². The molecule has 3 aromatic rings. The molecule has 0 heterocycles. The number of aliphatic carboxylic acids is 2. The summed E-state index contributed by atoms with van der Waals surface area (Å²) >= 11 is 12.4. The lowest BCUT2D eigenvalue weighted by molar-refractivity contribution is -0.137. The molecule has 0 unspecified atom stereocenters. The number of benzene rings is 3. The zero-order valence-corrected chi connectivity index (χ0v) is 19.8. The summed E-state index contributed by atoms with van der Waals surface area (Å²) in [6.45, 7) is 2.77. The fourth-order valence-corrected chi connectivity index (χ4v) is 3.70. The maximum Gasteiger partial charge on any atom is 0.304 e. The van der Waals surface area contributed by atoms with Crippen molar-refractivity contribution < 1.29 is 24.5 Å². The second-order valence-electron chi connectivity index (χ2n) is 7.34. The van der Waals surface area contributed by atoms with Crippen LogP contribution in [-0.2, 0) is 22.6 Å². The van der Waals surface area contributed by atoms with Crippen molar-refractivity contribution >= 4 is 45.9 Å². The summed E-state index contributed by atoms with van der Waals surface area (Å²) in [6.07, 6.45) is 1.71. The molecule has 3 aromatic carbocycles. The van der Waals surface area contributed by atoms with Crippen LogP contribution >= 0.6 is 23.2 Å². The molecule has 3 N–H and O–H groups in total. The van der Waals surface area contributed by atoms with Gasteiger partial charge >= 0.3 is 5.97 Å². The highest BCUT2D eigenvalue weighted by atomic mass is 35.5. The van der Waals surface area contributed by atoms with E-state index in [1.165, 1.54) is 0 Å². The second kappa shape index (κ2) is 13.7. The van der Waals surface area contributed by atoms with Gasteiger partial charge in [0, 0.05) is 30.1 Å². The summed E-state index contributed by atoms with van der Waals surface area (Å²) in [7, 11) is 0. The van der Waals surface area contributed by atoms with Crippen LogP contribution in [0, 0.1) is 0 Å². The van der Waals surface area contributed by atoms with E-state index in [4.69, 9.17) is 42.9 Å². The molecule has 6 nitrogen and oxygen atoms in total. The van der Waals surface area contributed by atoms with Crippen LogP contribution in [-0.4, -0.2) is 35.3 Å². The fourth-order valence-electron chi connectivity index (χ4n) is 3.11. The SMILES string of the molecule is CC(=O)O.O=C(O)CCNCc1ccc2cc(OCCCc3c(Cl)cccc3Cl)ccc2c1. The monoisotopic (exact) mass is 491 g/mol. The Balaban J connectivity index is 0.000000890. The molecule has 0 amide bonds. The number of hydrogen-bond donors (Lipinski definition) is 3. The van der Waals surface area contributed by atoms with Crippen molar-refractivity contribution in [2.75, 3.05) is 13.2 Å². The molecule has 0 fully saturated rings. The third-order valence-electron chi connectivity index (χ3n) is 4.62. The van der Waals surface area contributed by atoms with Crippen LogP contribution in [0.2, 0.25) is 10.0 Å². The standard InChI is InChI=1S/C23H23Cl2NO3.C2H4O2/c24-21-4-1-5-22(25)20(21)3-2-12-29-19-9-8-17-13-16(6-7-18(17)14-19)15-26-11-10-23(27)28;1-2(3)4/h1,4-9,13-14,26H,2-3,10-12,15H2,(H,27,28);1H3,(H,3,4). The van der Waals surface area contributed by atoms with Crippen molar-refractivity contribution in [3.63, 3.8) is 0 Å². The van der Waals surface area contributed by atoms with Crippen molar-refractivity contribution in [3.8, 4) is 5.75 Å². The average molecular weight is 492 g/mol. The number of carbonyl (C=O) groups is 2. The summed E-state index contributed by atoms with van der Waals surface area (Å²) in [5.74, 6) is -0.798. The Kier molecular flexibility index (Phi) is 11.0. The van der Waals surface area contributed by atoms with Crippen molar-refractivity contribution in [2.24, 2.45) is 0 Å². The van der Waals surface area contributed by atoms with E-state index < -0.39 is 11.9 Å². The molecule has 0 aromatic heterocycles. The topological polar surface area (TPSA) is 95.9 Å². The largest absolute Gasteiger partial charge is 0.494 e. The first-order chi connectivity index (χ1) is 15.8. The van der Waals surface area contributed by atoms with E-state index >= 15 is 0 Å². The molecule has 0 saturated carbocycles. The molecule has 0 radical (unpaired) electrons. The number of carboxylic acids is 2. The Morgan fingerprint density at radius 3 is 2.27 bits per heavy atom. The second-order valence-corrected chi connectivity index (χ2v) is 8.15. The maximum absolute atomic E-state index is 10.6. The predicted molar refractivity (Wildman–Crippen MR) is 131 cm³/mol. The molecule has 8 heteroatoms. The number of fused-ring (bicyclic) bond motifs is 1. The summed E-state index contributed by atoms with van der Waals surface area (Å²) in [6, 6.07) is 17.8. The lowest BCUT2D eigenvalue weighted by atomic mass is 10.1. The van der Waals surface area contributed by atoms with Gasteiger partial charge in [-0.25, -0.2) is 0 Å². The van der Waals surface area contributed by atoms with Gasteiger partial charge in [0.15, 0.2) is 0 Å². The zero-order valence-electron chi connectivity index (χ0n) is 18.3. The number of nitrogens with one attached hydrogen (secondary N) is 1. The molecule has 0 bridgehead atoms. The van der Waals surface area contributed by atoms with E-state index in [2.05, 4.69) is 17.4 Å². The first kappa shape index (κ1) is 26.5. The van der Waals surface area contributed by atoms with Crippen LogP contribution in [0.3, 0.4) is 0 Å². The fraction of sp³-hybridized carbons (Fsp3) is 0.280. The van der Waals surface area contributed by atoms with Crippen molar-refractivity contribution in [1.82, 2.24) is 5.32 Å². The van der Waals surface area contributed by atoms with Gasteiger partial charge in [-0.15, -0.1) is 0 Å². The van der Waals surface area contributed by atoms with Crippen LogP contribution in [0.5, 0.6) is 5.75 Å². The molecule has 0 aliphatic heterocycles. The number of carboxylic acid groups (broad SMARTS) is 2. The lowest BCUT2D eigenvalue weighted by Gasteiger charge is -2.10. The van der Waals surface area contributed by atoms with E-state index in [9.17, 15) is 4.79 Å². The summed E-state index contributed by atoms with van der Waals surface area (Å²) in [5, 5.41) is 22.8. The Bertz CT molecular complexity index is 1060. The number of ether oxygens (including phenoxy) is 1. The highest BCUT2D eigenvalue weighted by Gasteiger charge is 2.06. The maximum atomic E-state index is 10.6. The molecule has 33 heavy (non-hydrogen) atoms. The Labute approximate surface area is 203 Å². The van der Waals surface area contributed by atoms with Crippen LogP contribution in [0.25, 0.3) is 10.8 Å². The van der Waals surface area contributed by atoms with E-state index in [0.29, 0.717) is 29.7 Å². The van der Waals surface area contributed by atoms with Gasteiger partial charge in [-0.05, 0) is 65.1 Å². The van der Waals surface area contributed by atoms with Crippen molar-refractivity contribution in [1.29, 1.82) is 0 Å². The van der Waals surface area contributed by atoms with E-state index in [1.54, 1.807) is 0 Å². The first-order valence-corrected chi connectivity index (χ1v) is 11.2. The molecule has 0 saturated heterocycles. The average Bonchev–Trinajstić information content (AvgIpc) is 2.75. The van der Waals surface area contributed by atoms with Crippen LogP contribution < -0.4 is 10.1 Å². The van der Waals surface area contributed by atoms with Gasteiger partial charge in [0.25, 0.3) is 5.97 Å². The zero-order chi connectivity index (χ0) is 24.2. The van der Waals surface area contributed by atoms with E-state index in [-0.39, 0.29) is 6.42 Å². The Morgan fingerprint density at radius 2 is 1.61 bits per heavy atom. The van der Waals surface area contributed by atoms with Crippen LogP contribution in [0.4, 0.5) is 0 Å². The summed E-state index contributed by atoms with van der Waals surface area (Å²) in [4.78, 5) is 19.6. The molecule has 0 spiro atoms. The van der Waals surface area contributed by atoms with Gasteiger partial charge in [0.1, 0.15) is 5.75 Å². The summed E-state index contributed by atoms with van der Waals surface area (Å²) in [5.41, 5.74) is 2.08. The van der Waals surface area contributed by atoms with E-state index in [0.717, 1.165) is 47.4 Å². The molecule has 0 aliphatic rings. The normalized spacial score (nSPS) is 10.4. The molecule has 3 rings (SSSR count). The third-order valence-corrected chi connectivity index (χ3v) is 5.33. The van der Waals surface area contributed by atoms with Gasteiger partial charge in [-0.3, -0.25) is 9.59 Å². The van der Waals surface area contributed by atoms with Gasteiger partial charge in [0.05, 0.1) is 13.0 Å². The van der Waals surface area contributed by atoms with Gasteiger partial charge in [-0.1, -0.05) is 47.5 Å². The summed E-state index contributed by atoms with van der Waals surface area (Å²) < 4.78 is 5.89. The third kappa shape index (κ3) is 9.70. The van der Waals surface area contributed by atoms with Gasteiger partial charge in [0.2, 0.25) is 0 Å². The van der Waals surface area contributed by atoms with Gasteiger partial charge < -0.3 is 20.3 Å². The number of halogens is 2. The van der Waals surface area contributed by atoms with Crippen molar-refractivity contribution in [2.45, 2.75) is 32.7 Å². The number of rotatable bonds is 10. The first-order valence-electron chi connectivity index (χ1n) is 10.5. The van der Waals surface area contributed by atoms with Crippen LogP contribution in [0.1, 0.15) is 30.9 Å². The highest BCUT2D eigenvalue weighted by molar-refractivity contribution is 6.35. The molecular formula is C25H27Cl2NO5. The molecule has 0 aliphatic carbocycles. The predicted octanol–water partition coefficient (Wildman–Crippen LogP) is 5.81.